The summed E-state index contributed by atoms with van der Waals surface area (Å²) in [4.78, 5) is 6.62. The first-order valence-corrected chi connectivity index (χ1v) is 6.46. The molecule has 5 heteroatoms. The fraction of sp³-hybridized carbons (Fsp3) is 0.357. The van der Waals surface area contributed by atoms with Crippen LogP contribution in [0, 0.1) is 11.3 Å². The highest BCUT2D eigenvalue weighted by Crippen LogP contribution is 2.29. The predicted octanol–water partition coefficient (Wildman–Crippen LogP) is 2.06. The minimum absolute atomic E-state index is 0.591. The molecule has 96 valence electrons. The van der Waals surface area contributed by atoms with Crippen LogP contribution in [0.5, 0.6) is 0 Å². The highest BCUT2D eigenvalue weighted by molar-refractivity contribution is 5.42. The number of hydrogen-bond acceptors (Lipinski definition) is 4. The number of nitrogens with one attached hydrogen (secondary N) is 1. The van der Waals surface area contributed by atoms with Crippen LogP contribution in [0.3, 0.4) is 0 Å². The fourth-order valence-electron chi connectivity index (χ4n) is 2.57. The van der Waals surface area contributed by atoms with E-state index in [-0.39, 0.29) is 0 Å². The van der Waals surface area contributed by atoms with Gasteiger partial charge in [0.05, 0.1) is 11.8 Å². The van der Waals surface area contributed by atoms with Gasteiger partial charge < -0.3 is 4.90 Å². The normalized spacial score (nSPS) is 16.3. The van der Waals surface area contributed by atoms with Crippen molar-refractivity contribution in [1.29, 1.82) is 5.26 Å². The Balaban J connectivity index is 1.65. The van der Waals surface area contributed by atoms with E-state index in [2.05, 4.69) is 26.2 Å². The van der Waals surface area contributed by atoms with Gasteiger partial charge in [-0.15, -0.1) is 0 Å². The standard InChI is InChI=1S/C14H15N5/c15-7-11-1-2-14(16-8-11)19-5-3-12(4-6-19)13-9-17-18-10-13/h1-2,8-10,12H,3-6H2,(H,17,18). The van der Waals surface area contributed by atoms with Gasteiger partial charge in [0.1, 0.15) is 11.9 Å². The molecule has 3 heterocycles. The molecular weight excluding hydrogens is 238 g/mol. The zero-order valence-corrected chi connectivity index (χ0v) is 10.6. The second kappa shape index (κ2) is 5.11. The maximum Gasteiger partial charge on any atom is 0.128 e. The molecule has 2 aromatic rings. The molecule has 1 aliphatic heterocycles. The number of piperidine rings is 1. The van der Waals surface area contributed by atoms with E-state index in [4.69, 9.17) is 5.26 Å². The number of rotatable bonds is 2. The Morgan fingerprint density at radius 2 is 2.11 bits per heavy atom. The molecule has 1 saturated heterocycles. The van der Waals surface area contributed by atoms with Crippen LogP contribution in [0.4, 0.5) is 5.82 Å². The summed E-state index contributed by atoms with van der Waals surface area (Å²) in [5.74, 6) is 1.55. The molecule has 0 saturated carbocycles. The number of aromatic amines is 1. The highest BCUT2D eigenvalue weighted by atomic mass is 15.2. The highest BCUT2D eigenvalue weighted by Gasteiger charge is 2.21. The second-order valence-electron chi connectivity index (χ2n) is 4.81. The van der Waals surface area contributed by atoms with E-state index in [1.807, 2.05) is 24.5 Å². The largest absolute Gasteiger partial charge is 0.357 e. The summed E-state index contributed by atoms with van der Waals surface area (Å²) in [7, 11) is 0. The molecule has 1 fully saturated rings. The number of nitrogens with zero attached hydrogens (tertiary/aromatic N) is 4. The van der Waals surface area contributed by atoms with Crippen molar-refractivity contribution in [3.05, 3.63) is 41.9 Å². The molecule has 1 N–H and O–H groups in total. The van der Waals surface area contributed by atoms with E-state index in [1.54, 1.807) is 6.20 Å². The molecule has 0 unspecified atom stereocenters. The van der Waals surface area contributed by atoms with Gasteiger partial charge in [0.2, 0.25) is 0 Å². The van der Waals surface area contributed by atoms with Crippen LogP contribution in [0.15, 0.2) is 30.7 Å². The van der Waals surface area contributed by atoms with Crippen molar-refractivity contribution < 1.29 is 0 Å². The Labute approximate surface area is 111 Å². The van der Waals surface area contributed by atoms with Crippen LogP contribution >= 0.6 is 0 Å². The maximum atomic E-state index is 8.77. The van der Waals surface area contributed by atoms with E-state index in [1.165, 1.54) is 5.56 Å². The van der Waals surface area contributed by atoms with Gasteiger partial charge >= 0.3 is 0 Å². The first kappa shape index (κ1) is 11.7. The van der Waals surface area contributed by atoms with Crippen molar-refractivity contribution in [2.45, 2.75) is 18.8 Å². The molecule has 0 radical (unpaired) electrons. The third kappa shape index (κ3) is 2.43. The lowest BCUT2D eigenvalue weighted by Gasteiger charge is -2.32. The second-order valence-corrected chi connectivity index (χ2v) is 4.81. The number of H-pyrrole nitrogens is 1. The lowest BCUT2D eigenvalue weighted by molar-refractivity contribution is 0.503. The third-order valence-electron chi connectivity index (χ3n) is 3.69. The Kier molecular flexibility index (Phi) is 3.15. The molecule has 0 aliphatic carbocycles. The molecule has 5 nitrogen and oxygen atoms in total. The van der Waals surface area contributed by atoms with Crippen molar-refractivity contribution in [2.24, 2.45) is 0 Å². The summed E-state index contributed by atoms with van der Waals surface area (Å²) in [6.07, 6.45) is 7.76. The number of pyridine rings is 1. The molecule has 19 heavy (non-hydrogen) atoms. The van der Waals surface area contributed by atoms with Crippen LogP contribution in [-0.4, -0.2) is 28.3 Å². The summed E-state index contributed by atoms with van der Waals surface area (Å²) in [5.41, 5.74) is 1.91. The van der Waals surface area contributed by atoms with Gasteiger partial charge in [-0.05, 0) is 36.5 Å². The molecular formula is C14H15N5. The van der Waals surface area contributed by atoms with Crippen molar-refractivity contribution in [3.63, 3.8) is 0 Å². The van der Waals surface area contributed by atoms with Crippen LogP contribution in [0.2, 0.25) is 0 Å². The van der Waals surface area contributed by atoms with Crippen LogP contribution in [0.1, 0.15) is 29.9 Å². The minimum Gasteiger partial charge on any atom is -0.357 e. The smallest absolute Gasteiger partial charge is 0.128 e. The molecule has 2 aromatic heterocycles. The monoisotopic (exact) mass is 253 g/mol. The van der Waals surface area contributed by atoms with Crippen molar-refractivity contribution in [1.82, 2.24) is 15.2 Å². The Bertz CT molecular complexity index is 559. The van der Waals surface area contributed by atoms with Crippen LogP contribution in [-0.2, 0) is 0 Å². The Hall–Kier alpha value is -2.35. The zero-order valence-electron chi connectivity index (χ0n) is 10.6. The number of anilines is 1. The summed E-state index contributed by atoms with van der Waals surface area (Å²) in [5, 5.41) is 15.7. The van der Waals surface area contributed by atoms with Gasteiger partial charge in [-0.2, -0.15) is 10.4 Å². The minimum atomic E-state index is 0.591. The third-order valence-corrected chi connectivity index (χ3v) is 3.69. The van der Waals surface area contributed by atoms with E-state index in [9.17, 15) is 0 Å². The van der Waals surface area contributed by atoms with E-state index >= 15 is 0 Å². The number of nitriles is 1. The summed E-state index contributed by atoms with van der Waals surface area (Å²) in [6.45, 7) is 1.99. The maximum absolute atomic E-state index is 8.77. The lowest BCUT2D eigenvalue weighted by Crippen LogP contribution is -2.33. The zero-order chi connectivity index (χ0) is 13.1. The van der Waals surface area contributed by atoms with Crippen LogP contribution in [0.25, 0.3) is 0 Å². The molecule has 0 amide bonds. The average Bonchev–Trinajstić information content (AvgIpc) is 3.02. The Morgan fingerprint density at radius 1 is 1.26 bits per heavy atom. The summed E-state index contributed by atoms with van der Waals surface area (Å²) in [6, 6.07) is 5.84. The van der Waals surface area contributed by atoms with Gasteiger partial charge in [0.25, 0.3) is 0 Å². The average molecular weight is 253 g/mol. The molecule has 0 spiro atoms. The lowest BCUT2D eigenvalue weighted by atomic mass is 9.91. The van der Waals surface area contributed by atoms with Gasteiger partial charge in [0, 0.05) is 25.5 Å². The first-order chi connectivity index (χ1) is 9.36. The summed E-state index contributed by atoms with van der Waals surface area (Å²) >= 11 is 0. The number of hydrogen-bond donors (Lipinski definition) is 1. The van der Waals surface area contributed by atoms with Crippen molar-refractivity contribution in [3.8, 4) is 6.07 Å². The predicted molar refractivity (Wildman–Crippen MR) is 71.7 cm³/mol. The molecule has 0 atom stereocenters. The molecule has 0 bridgehead atoms. The molecule has 3 rings (SSSR count). The fourth-order valence-corrected chi connectivity index (χ4v) is 2.57. The van der Waals surface area contributed by atoms with Crippen molar-refractivity contribution >= 4 is 5.82 Å². The van der Waals surface area contributed by atoms with Gasteiger partial charge in [0.15, 0.2) is 0 Å². The van der Waals surface area contributed by atoms with Gasteiger partial charge in [-0.25, -0.2) is 4.98 Å². The topological polar surface area (TPSA) is 68.6 Å². The van der Waals surface area contributed by atoms with Crippen molar-refractivity contribution in [2.75, 3.05) is 18.0 Å². The molecule has 0 aromatic carbocycles. The van der Waals surface area contributed by atoms with Crippen LogP contribution < -0.4 is 4.90 Å². The van der Waals surface area contributed by atoms with Gasteiger partial charge in [-0.1, -0.05) is 0 Å². The van der Waals surface area contributed by atoms with Gasteiger partial charge in [-0.3, -0.25) is 5.10 Å². The quantitative estimate of drug-likeness (QED) is 0.889. The first-order valence-electron chi connectivity index (χ1n) is 6.46. The number of aromatic nitrogens is 3. The van der Waals surface area contributed by atoms with E-state index in [0.29, 0.717) is 11.5 Å². The SMILES string of the molecule is N#Cc1ccc(N2CCC(c3cn[nH]c3)CC2)nc1. The molecule has 1 aliphatic rings. The Morgan fingerprint density at radius 3 is 2.68 bits per heavy atom. The van der Waals surface area contributed by atoms with E-state index in [0.717, 1.165) is 31.7 Å². The summed E-state index contributed by atoms with van der Waals surface area (Å²) < 4.78 is 0. The van der Waals surface area contributed by atoms with E-state index < -0.39 is 0 Å².